The summed E-state index contributed by atoms with van der Waals surface area (Å²) in [6.07, 6.45) is 8.47. The number of hydrogen-bond acceptors (Lipinski definition) is 7. The van der Waals surface area contributed by atoms with Gasteiger partial charge in [0.2, 0.25) is 12.7 Å². The number of aryl methyl sites for hydroxylation is 1. The van der Waals surface area contributed by atoms with Gasteiger partial charge in [0.25, 0.3) is 5.91 Å². The van der Waals surface area contributed by atoms with Crippen LogP contribution in [0.4, 0.5) is 5.00 Å². The van der Waals surface area contributed by atoms with E-state index in [9.17, 15) is 14.4 Å². The molecular weight excluding hydrogens is 504 g/mol. The summed E-state index contributed by atoms with van der Waals surface area (Å²) >= 11 is 1.52. The van der Waals surface area contributed by atoms with E-state index in [-0.39, 0.29) is 36.4 Å². The summed E-state index contributed by atoms with van der Waals surface area (Å²) < 4.78 is 15.8. The number of ether oxygens (including phenoxy) is 3. The van der Waals surface area contributed by atoms with Gasteiger partial charge in [-0.2, -0.15) is 0 Å². The Labute approximate surface area is 226 Å². The fraction of sp³-hybridized carbons (Fsp3) is 0.483. The normalized spacial score (nSPS) is 21.2. The number of amides is 2. The van der Waals surface area contributed by atoms with Crippen LogP contribution in [0.15, 0.2) is 42.4 Å². The highest BCUT2D eigenvalue weighted by atomic mass is 32.1. The third-order valence-electron chi connectivity index (χ3n) is 7.69. The zero-order chi connectivity index (χ0) is 26.5. The Hall–Kier alpha value is -3.33. The molecule has 1 aliphatic heterocycles. The van der Waals surface area contributed by atoms with Crippen LogP contribution in [0.5, 0.6) is 0 Å². The van der Waals surface area contributed by atoms with Gasteiger partial charge in [0.15, 0.2) is 5.76 Å². The highest BCUT2D eigenvalue weighted by molar-refractivity contribution is 7.17. The van der Waals surface area contributed by atoms with Crippen molar-refractivity contribution in [2.45, 2.75) is 63.8 Å². The van der Waals surface area contributed by atoms with Crippen LogP contribution in [-0.2, 0) is 43.1 Å². The van der Waals surface area contributed by atoms with Crippen molar-refractivity contribution >= 4 is 34.1 Å². The van der Waals surface area contributed by atoms with Crippen LogP contribution >= 0.6 is 11.3 Å². The van der Waals surface area contributed by atoms with E-state index in [2.05, 4.69) is 10.6 Å². The Morgan fingerprint density at radius 3 is 2.50 bits per heavy atom. The summed E-state index contributed by atoms with van der Waals surface area (Å²) in [5, 5.41) is 6.89. The third kappa shape index (κ3) is 5.88. The van der Waals surface area contributed by atoms with Crippen molar-refractivity contribution in [1.82, 2.24) is 5.32 Å². The number of esters is 1. The Morgan fingerprint density at radius 1 is 1.05 bits per heavy atom. The van der Waals surface area contributed by atoms with E-state index >= 15 is 0 Å². The number of carbonyl (C=O) groups is 3. The van der Waals surface area contributed by atoms with Crippen molar-refractivity contribution in [2.24, 2.45) is 11.8 Å². The van der Waals surface area contributed by atoms with Crippen LogP contribution in [0.3, 0.4) is 0 Å². The molecule has 1 aromatic carbocycles. The molecule has 8 nitrogen and oxygen atoms in total. The lowest BCUT2D eigenvalue weighted by molar-refractivity contribution is -0.147. The Balaban J connectivity index is 1.34. The lowest BCUT2D eigenvalue weighted by Crippen LogP contribution is -2.39. The predicted molar refractivity (Wildman–Crippen MR) is 144 cm³/mol. The number of rotatable bonds is 8. The number of anilines is 1. The van der Waals surface area contributed by atoms with Crippen molar-refractivity contribution in [3.8, 4) is 0 Å². The molecular formula is C29H34N2O6S. The molecule has 0 radical (unpaired) electrons. The first kappa shape index (κ1) is 26.3. The predicted octanol–water partition coefficient (Wildman–Crippen LogP) is 4.73. The number of thiophene rings is 1. The fourth-order valence-electron chi connectivity index (χ4n) is 5.60. The first-order valence-electron chi connectivity index (χ1n) is 13.4. The molecule has 1 unspecified atom stereocenters. The smallest absolute Gasteiger partial charge is 0.308 e. The maximum Gasteiger partial charge on any atom is 0.308 e. The van der Waals surface area contributed by atoms with Crippen LogP contribution in [0, 0.1) is 11.8 Å². The molecule has 1 atom stereocenters. The van der Waals surface area contributed by atoms with E-state index in [0.717, 1.165) is 36.8 Å². The molecule has 1 saturated carbocycles. The second-order valence-electron chi connectivity index (χ2n) is 10.1. The number of hydrogen-bond donors (Lipinski definition) is 2. The number of carbonyl (C=O) groups excluding carboxylic acids is 3. The van der Waals surface area contributed by atoms with Crippen LogP contribution in [0.1, 0.15) is 64.9 Å². The molecule has 1 aromatic heterocycles. The average Bonchev–Trinajstić information content (AvgIpc) is 3.61. The Morgan fingerprint density at radius 2 is 1.79 bits per heavy atom. The van der Waals surface area contributed by atoms with Gasteiger partial charge < -0.3 is 24.8 Å². The lowest BCUT2D eigenvalue weighted by Gasteiger charge is -2.26. The van der Waals surface area contributed by atoms with Crippen LogP contribution in [0.25, 0.3) is 0 Å². The first-order valence-corrected chi connectivity index (χ1v) is 14.2. The molecule has 2 aromatic rings. The van der Waals surface area contributed by atoms with Crippen molar-refractivity contribution in [3.63, 3.8) is 0 Å². The average molecular weight is 539 g/mol. The van der Waals surface area contributed by atoms with Gasteiger partial charge in [0.05, 0.1) is 24.6 Å². The molecule has 0 spiro atoms. The van der Waals surface area contributed by atoms with E-state index in [1.54, 1.807) is 6.26 Å². The minimum Gasteiger partial charge on any atom is -0.469 e. The zero-order valence-electron chi connectivity index (χ0n) is 21.6. The van der Waals surface area contributed by atoms with E-state index in [4.69, 9.17) is 14.2 Å². The van der Waals surface area contributed by atoms with Crippen LogP contribution in [-0.4, -0.2) is 37.7 Å². The van der Waals surface area contributed by atoms with Gasteiger partial charge in [0.1, 0.15) is 11.3 Å². The summed E-state index contributed by atoms with van der Waals surface area (Å²) in [5.74, 6) is -0.253. The quantitative estimate of drug-likeness (QED) is 0.471. The fourth-order valence-corrected chi connectivity index (χ4v) is 6.89. The van der Waals surface area contributed by atoms with Crippen LogP contribution < -0.4 is 10.6 Å². The summed E-state index contributed by atoms with van der Waals surface area (Å²) in [5.41, 5.74) is 2.68. The number of methoxy groups -OCH3 is 1. The highest BCUT2D eigenvalue weighted by Gasteiger charge is 2.33. The second-order valence-corrected chi connectivity index (χ2v) is 11.2. The van der Waals surface area contributed by atoms with Gasteiger partial charge in [-0.25, -0.2) is 0 Å². The Bertz CT molecular complexity index is 1200. The lowest BCUT2D eigenvalue weighted by atomic mass is 9.81. The third-order valence-corrected chi connectivity index (χ3v) is 8.90. The molecule has 0 saturated heterocycles. The van der Waals surface area contributed by atoms with Crippen molar-refractivity contribution in [2.75, 3.05) is 19.2 Å². The van der Waals surface area contributed by atoms with E-state index in [1.807, 2.05) is 30.3 Å². The zero-order valence-corrected chi connectivity index (χ0v) is 22.4. The largest absolute Gasteiger partial charge is 0.469 e. The van der Waals surface area contributed by atoms with E-state index in [1.165, 1.54) is 23.3 Å². The molecule has 3 aliphatic rings. The highest BCUT2D eigenvalue weighted by Crippen LogP contribution is 2.39. The molecule has 9 heteroatoms. The first-order chi connectivity index (χ1) is 18.5. The maximum absolute atomic E-state index is 13.8. The molecule has 5 rings (SSSR count). The molecule has 0 bridgehead atoms. The molecule has 38 heavy (non-hydrogen) atoms. The standard InChI is InChI=1S/C29H34N2O6S/c1-35-29(34)20-13-11-19(12-14-20)26(32)31-28-25(21-9-5-6-10-24(21)38-28)27(33)30-22(23-16-36-17-37-23)15-18-7-3-2-4-8-18/h2-4,7-8,16,19-20,22H,5-6,9-15,17H2,1H3,(H,30,33)(H,31,32). The maximum atomic E-state index is 13.8. The van der Waals surface area contributed by atoms with Gasteiger partial charge in [-0.3, -0.25) is 14.4 Å². The summed E-state index contributed by atoms with van der Waals surface area (Å²) in [6, 6.07) is 9.53. The topological polar surface area (TPSA) is 103 Å². The van der Waals surface area contributed by atoms with E-state index in [0.29, 0.717) is 48.4 Å². The second kappa shape index (κ2) is 12.0. The summed E-state index contributed by atoms with van der Waals surface area (Å²) in [7, 11) is 1.40. The minimum atomic E-state index is -0.399. The summed E-state index contributed by atoms with van der Waals surface area (Å²) in [6.45, 7) is 0.129. The number of benzene rings is 1. The van der Waals surface area contributed by atoms with Gasteiger partial charge in [-0.15, -0.1) is 11.3 Å². The van der Waals surface area contributed by atoms with Gasteiger partial charge in [-0.05, 0) is 62.5 Å². The SMILES string of the molecule is COC(=O)C1CCC(C(=O)Nc2sc3c(c2C(=O)NC(Cc2ccccc2)C2=COCO2)CCCC3)CC1. The van der Waals surface area contributed by atoms with Crippen molar-refractivity contribution < 1.29 is 28.6 Å². The van der Waals surface area contributed by atoms with E-state index < -0.39 is 6.04 Å². The molecule has 2 N–H and O–H groups in total. The minimum absolute atomic E-state index is 0.0861. The van der Waals surface area contributed by atoms with Crippen molar-refractivity contribution in [3.05, 3.63) is 63.9 Å². The molecule has 1 fully saturated rings. The molecule has 2 aliphatic carbocycles. The molecule has 2 amide bonds. The molecule has 2 heterocycles. The van der Waals surface area contributed by atoms with Crippen molar-refractivity contribution in [1.29, 1.82) is 0 Å². The summed E-state index contributed by atoms with van der Waals surface area (Å²) in [4.78, 5) is 40.2. The number of fused-ring (bicyclic) bond motifs is 1. The van der Waals surface area contributed by atoms with Gasteiger partial charge in [0, 0.05) is 17.2 Å². The monoisotopic (exact) mass is 538 g/mol. The Kier molecular flexibility index (Phi) is 8.32. The van der Waals surface area contributed by atoms with Crippen LogP contribution in [0.2, 0.25) is 0 Å². The molecule has 202 valence electrons. The van der Waals surface area contributed by atoms with Gasteiger partial charge >= 0.3 is 5.97 Å². The van der Waals surface area contributed by atoms with Gasteiger partial charge in [-0.1, -0.05) is 30.3 Å². The number of nitrogens with one attached hydrogen (secondary N) is 2.